The van der Waals surface area contributed by atoms with Gasteiger partial charge in [0.1, 0.15) is 6.61 Å². The molecule has 0 aliphatic rings. The Labute approximate surface area is 351 Å². The quantitative estimate of drug-likeness (QED) is 0.0180. The van der Waals surface area contributed by atoms with Gasteiger partial charge in [-0.3, -0.25) is 14.2 Å². The van der Waals surface area contributed by atoms with Crippen LogP contribution in [0.3, 0.4) is 0 Å². The maximum atomic E-state index is 13.8. The number of aliphatic hydroxyl groups is 2. The first-order valence-corrected chi connectivity index (χ1v) is 25.5. The van der Waals surface area contributed by atoms with Crippen LogP contribution in [0.5, 0.6) is 0 Å². The number of esters is 2. The van der Waals surface area contributed by atoms with E-state index in [0.29, 0.717) is 19.3 Å². The van der Waals surface area contributed by atoms with Gasteiger partial charge in [-0.1, -0.05) is 188 Å². The van der Waals surface area contributed by atoms with Crippen LogP contribution in [0.1, 0.15) is 233 Å². The Morgan fingerprint density at radius 3 is 1.30 bits per heavy atom. The highest BCUT2D eigenvalue weighted by Crippen LogP contribution is 2.52. The zero-order chi connectivity index (χ0) is 42.5. The summed E-state index contributed by atoms with van der Waals surface area (Å²) in [6, 6.07) is 0. The average molecular weight is 835 g/mol. The highest BCUT2D eigenvalue weighted by molar-refractivity contribution is 7.53. The summed E-state index contributed by atoms with van der Waals surface area (Å²) in [5.74, 6) is -1.62. The van der Waals surface area contributed by atoms with Crippen LogP contribution >= 0.6 is 7.60 Å². The molecule has 0 amide bonds. The van der Waals surface area contributed by atoms with Gasteiger partial charge in [0.2, 0.25) is 0 Å². The third-order valence-electron chi connectivity index (χ3n) is 11.4. The van der Waals surface area contributed by atoms with Crippen LogP contribution in [0.15, 0.2) is 0 Å². The monoisotopic (exact) mass is 835 g/mol. The lowest BCUT2D eigenvalue weighted by Crippen LogP contribution is -2.50. The van der Waals surface area contributed by atoms with E-state index in [4.69, 9.17) is 14.0 Å². The van der Waals surface area contributed by atoms with E-state index >= 15 is 0 Å². The first-order chi connectivity index (χ1) is 27.4. The van der Waals surface area contributed by atoms with Crippen LogP contribution in [0.4, 0.5) is 0 Å². The van der Waals surface area contributed by atoms with Crippen molar-refractivity contribution in [1.82, 2.24) is 0 Å². The van der Waals surface area contributed by atoms with Crippen molar-refractivity contribution < 1.29 is 47.7 Å². The summed E-state index contributed by atoms with van der Waals surface area (Å²) in [7, 11) is -0.710. The Hall–Kier alpha value is -1.03. The van der Waals surface area contributed by atoms with E-state index in [1.807, 2.05) is 0 Å². The van der Waals surface area contributed by atoms with Gasteiger partial charge in [-0.25, -0.2) is 0 Å². The van der Waals surface area contributed by atoms with E-state index in [1.54, 1.807) is 14.1 Å². The van der Waals surface area contributed by atoms with Gasteiger partial charge in [0.25, 0.3) is 0 Å². The van der Waals surface area contributed by atoms with Crippen LogP contribution in [-0.2, 0) is 28.2 Å². The van der Waals surface area contributed by atoms with Crippen molar-refractivity contribution in [3.05, 3.63) is 0 Å². The number of ether oxygens (including phenoxy) is 2. The molecule has 0 radical (unpaired) electrons. The van der Waals surface area contributed by atoms with E-state index in [1.165, 1.54) is 122 Å². The number of carbonyl (C=O) groups excluding carboxylic acids is 2. The molecule has 2 unspecified atom stereocenters. The van der Waals surface area contributed by atoms with Crippen molar-refractivity contribution in [2.75, 3.05) is 33.9 Å². The lowest BCUT2D eigenvalue weighted by molar-refractivity contribution is -0.904. The molecule has 0 aromatic heterocycles. The van der Waals surface area contributed by atoms with Crippen LogP contribution < -0.4 is 0 Å². The van der Waals surface area contributed by atoms with Crippen molar-refractivity contribution in [3.8, 4) is 0 Å². The smallest absolute Gasteiger partial charge is 0.385 e. The van der Waals surface area contributed by atoms with Gasteiger partial charge in [-0.15, -0.1) is 0 Å². The number of rotatable bonds is 43. The minimum atomic E-state index is -4.29. The van der Waals surface area contributed by atoms with Crippen molar-refractivity contribution in [2.24, 2.45) is 0 Å². The Bertz CT molecular complexity index is 980. The number of aliphatic hydroxyl groups excluding tert-OH is 1. The highest BCUT2D eigenvalue weighted by Gasteiger charge is 2.45. The molecule has 57 heavy (non-hydrogen) atoms. The summed E-state index contributed by atoms with van der Waals surface area (Å²) in [5, 5.41) is 19.0. The molecule has 0 fully saturated rings. The summed E-state index contributed by atoms with van der Waals surface area (Å²) < 4.78 is 30.9. The molecule has 11 heteroatoms. The molecule has 0 heterocycles. The molecule has 0 aromatic carbocycles. The third-order valence-corrected chi connectivity index (χ3v) is 13.5. The Morgan fingerprint density at radius 1 is 0.526 bits per heavy atom. The molecule has 3 N–H and O–H groups in total. The van der Waals surface area contributed by atoms with Gasteiger partial charge in [0.05, 0.1) is 27.2 Å². The van der Waals surface area contributed by atoms with Crippen molar-refractivity contribution in [3.63, 3.8) is 0 Å². The molecular formula is C46H93NO9P+. The van der Waals surface area contributed by atoms with Gasteiger partial charge in [0.15, 0.2) is 18.2 Å². The molecule has 0 aromatic rings. The molecule has 340 valence electrons. The first-order valence-electron chi connectivity index (χ1n) is 23.9. The SMILES string of the molecule is CCCCCCCCCCCCCCCC(=O)OC[C@H](COP(=O)(O)C(CCCCC)[N+](C)(C)CCC(O)O)OC(=O)CCCCCCCCCCCCCCC. The molecule has 0 spiro atoms. The minimum Gasteiger partial charge on any atom is -0.462 e. The lowest BCUT2D eigenvalue weighted by atomic mass is 10.0. The van der Waals surface area contributed by atoms with Crippen LogP contribution in [0.25, 0.3) is 0 Å². The topological polar surface area (TPSA) is 140 Å². The summed E-state index contributed by atoms with van der Waals surface area (Å²) >= 11 is 0. The van der Waals surface area contributed by atoms with E-state index < -0.39 is 31.7 Å². The molecular weight excluding hydrogens is 741 g/mol. The van der Waals surface area contributed by atoms with Crippen molar-refractivity contribution in [1.29, 1.82) is 0 Å². The molecule has 0 saturated heterocycles. The molecule has 3 atom stereocenters. The lowest BCUT2D eigenvalue weighted by Gasteiger charge is -2.39. The van der Waals surface area contributed by atoms with Gasteiger partial charge < -0.3 is 33.6 Å². The maximum absolute atomic E-state index is 13.8. The number of hydrogen-bond donors (Lipinski definition) is 3. The number of hydrogen-bond acceptors (Lipinski definition) is 8. The second kappa shape index (κ2) is 37.9. The minimum absolute atomic E-state index is 0.0475. The van der Waals surface area contributed by atoms with E-state index in [-0.39, 0.29) is 49.5 Å². The largest absolute Gasteiger partial charge is 0.462 e. The zero-order valence-corrected chi connectivity index (χ0v) is 38.8. The predicted octanol–water partition coefficient (Wildman–Crippen LogP) is 12.3. The van der Waals surface area contributed by atoms with Crippen molar-refractivity contribution in [2.45, 2.75) is 251 Å². The normalized spacial score (nSPS) is 14.1. The van der Waals surface area contributed by atoms with Crippen molar-refractivity contribution >= 4 is 19.5 Å². The number of unbranched alkanes of at least 4 members (excludes halogenated alkanes) is 26. The molecule has 0 saturated carbocycles. The standard InChI is InChI=1S/C46H92NO9P/c1-6-9-12-14-16-18-20-22-24-26-28-30-33-36-45(50)54-40-42(56-46(51)37-34-31-29-27-25-23-21-19-17-15-13-10-7-2)41-55-57(52,53)43(35-32-11-8-3)47(4,5)39-38-44(48)49/h42-44,48-49H,6-41H2,1-5H3/p+1/t42-,43?/m1/s1. The fraction of sp³-hybridized carbons (Fsp3) is 0.957. The Morgan fingerprint density at radius 2 is 0.895 bits per heavy atom. The van der Waals surface area contributed by atoms with Gasteiger partial charge >= 0.3 is 19.5 Å². The second-order valence-electron chi connectivity index (χ2n) is 17.4. The summed E-state index contributed by atoms with van der Waals surface area (Å²) in [4.78, 5) is 37.0. The number of nitrogens with zero attached hydrogens (tertiary/aromatic N) is 1. The van der Waals surface area contributed by atoms with Crippen LogP contribution in [0, 0.1) is 0 Å². The predicted molar refractivity (Wildman–Crippen MR) is 235 cm³/mol. The Kier molecular flexibility index (Phi) is 37.2. The summed E-state index contributed by atoms with van der Waals surface area (Å²) in [6.07, 6.45) is 32.4. The molecule has 0 rings (SSSR count). The first kappa shape index (κ1) is 56.0. The molecule has 0 bridgehead atoms. The van der Waals surface area contributed by atoms with Gasteiger partial charge in [-0.2, -0.15) is 0 Å². The second-order valence-corrected chi connectivity index (χ2v) is 19.4. The molecule has 10 nitrogen and oxygen atoms in total. The molecule has 0 aliphatic heterocycles. The number of carbonyl (C=O) groups is 2. The van der Waals surface area contributed by atoms with Crippen LogP contribution in [-0.4, -0.2) is 83.6 Å². The summed E-state index contributed by atoms with van der Waals surface area (Å²) in [5.41, 5.74) is 0. The maximum Gasteiger partial charge on any atom is 0.385 e. The molecule has 0 aliphatic carbocycles. The number of quaternary nitrogens is 1. The van der Waals surface area contributed by atoms with Gasteiger partial charge in [0, 0.05) is 25.7 Å². The Balaban J connectivity index is 4.97. The highest BCUT2D eigenvalue weighted by atomic mass is 31.2. The zero-order valence-electron chi connectivity index (χ0n) is 37.9. The fourth-order valence-corrected chi connectivity index (χ4v) is 9.52. The van der Waals surface area contributed by atoms with Gasteiger partial charge in [-0.05, 0) is 19.3 Å². The van der Waals surface area contributed by atoms with Crippen LogP contribution in [0.2, 0.25) is 0 Å². The van der Waals surface area contributed by atoms with E-state index in [0.717, 1.165) is 51.4 Å². The average Bonchev–Trinajstić information content (AvgIpc) is 3.17. The fourth-order valence-electron chi connectivity index (χ4n) is 7.55. The van der Waals surface area contributed by atoms with E-state index in [2.05, 4.69) is 20.8 Å². The third kappa shape index (κ3) is 34.4. The summed E-state index contributed by atoms with van der Waals surface area (Å²) in [6.45, 7) is 6.20. The van der Waals surface area contributed by atoms with E-state index in [9.17, 15) is 29.3 Å².